The van der Waals surface area contributed by atoms with Crippen LogP contribution in [-0.4, -0.2) is 35.1 Å². The van der Waals surface area contributed by atoms with Crippen LogP contribution in [0.5, 0.6) is 0 Å². The molecular weight excluding hydrogens is 234 g/mol. The van der Waals surface area contributed by atoms with Gasteiger partial charge in [-0.25, -0.2) is 4.98 Å². The van der Waals surface area contributed by atoms with Gasteiger partial charge in [-0.3, -0.25) is 0 Å². The quantitative estimate of drug-likeness (QED) is 0.836. The Morgan fingerprint density at radius 2 is 1.63 bits per heavy atom. The van der Waals surface area contributed by atoms with E-state index in [1.165, 1.54) is 5.52 Å². The molecule has 0 aliphatic heterocycles. The Labute approximate surface area is 118 Å². The predicted molar refractivity (Wildman–Crippen MR) is 85.7 cm³/mol. The van der Waals surface area contributed by atoms with E-state index in [9.17, 15) is 0 Å². The third-order valence-corrected chi connectivity index (χ3v) is 2.62. The van der Waals surface area contributed by atoms with Gasteiger partial charge < -0.3 is 9.47 Å². The first-order valence-electron chi connectivity index (χ1n) is 7.25. The molecule has 0 aliphatic carbocycles. The van der Waals surface area contributed by atoms with Gasteiger partial charge in [-0.15, -0.1) is 0 Å². The van der Waals surface area contributed by atoms with E-state index < -0.39 is 0 Å². The normalized spacial score (nSPS) is 9.68. The zero-order chi connectivity index (χ0) is 14.8. The first kappa shape index (κ1) is 17.6. The topological polar surface area (TPSA) is 21.1 Å². The third kappa shape index (κ3) is 5.03. The molecule has 0 atom stereocenters. The third-order valence-electron chi connectivity index (χ3n) is 2.62. The highest BCUT2D eigenvalue weighted by atomic mass is 15.1. The van der Waals surface area contributed by atoms with E-state index in [1.54, 1.807) is 0 Å². The van der Waals surface area contributed by atoms with Gasteiger partial charge in [-0.2, -0.15) is 0 Å². The lowest BCUT2D eigenvalue weighted by Gasteiger charge is -2.11. The van der Waals surface area contributed by atoms with Gasteiger partial charge in [0.25, 0.3) is 0 Å². The number of nitrogens with zero attached hydrogens (tertiary/aromatic N) is 3. The van der Waals surface area contributed by atoms with Gasteiger partial charge in [0.15, 0.2) is 0 Å². The molecule has 0 amide bonds. The van der Waals surface area contributed by atoms with E-state index in [1.807, 2.05) is 33.8 Å². The molecule has 0 aliphatic rings. The summed E-state index contributed by atoms with van der Waals surface area (Å²) in [5.41, 5.74) is 2.32. The van der Waals surface area contributed by atoms with Crippen LogP contribution in [0.25, 0.3) is 11.0 Å². The molecule has 0 spiro atoms. The highest BCUT2D eigenvalue weighted by Gasteiger charge is 2.05. The van der Waals surface area contributed by atoms with Gasteiger partial charge in [0.1, 0.15) is 5.82 Å². The fourth-order valence-electron chi connectivity index (χ4n) is 1.78. The summed E-state index contributed by atoms with van der Waals surface area (Å²) in [6.07, 6.45) is 0. The summed E-state index contributed by atoms with van der Waals surface area (Å²) in [5.74, 6) is 1.10. The summed E-state index contributed by atoms with van der Waals surface area (Å²) in [7, 11) is 4.18. The van der Waals surface area contributed by atoms with Gasteiger partial charge >= 0.3 is 0 Å². The van der Waals surface area contributed by atoms with Crippen molar-refractivity contribution in [3.8, 4) is 0 Å². The van der Waals surface area contributed by atoms with Crippen molar-refractivity contribution in [3.63, 3.8) is 0 Å². The van der Waals surface area contributed by atoms with E-state index in [0.29, 0.717) is 0 Å². The Morgan fingerprint density at radius 3 is 2.21 bits per heavy atom. The molecule has 1 aromatic heterocycles. The summed E-state index contributed by atoms with van der Waals surface area (Å²) in [4.78, 5) is 6.72. The summed E-state index contributed by atoms with van der Waals surface area (Å²) >= 11 is 0. The van der Waals surface area contributed by atoms with E-state index in [2.05, 4.69) is 53.7 Å². The van der Waals surface area contributed by atoms with Gasteiger partial charge in [0.05, 0.1) is 11.0 Å². The average molecular weight is 263 g/mol. The smallest absolute Gasteiger partial charge is 0.106 e. The molecule has 108 valence electrons. The highest BCUT2D eigenvalue weighted by molar-refractivity contribution is 5.75. The van der Waals surface area contributed by atoms with Crippen LogP contribution in [0.4, 0.5) is 0 Å². The van der Waals surface area contributed by atoms with Crippen LogP contribution in [0.2, 0.25) is 0 Å². The number of hydrogen-bond donors (Lipinski definition) is 0. The minimum atomic E-state index is 0.999. The van der Waals surface area contributed by atoms with Crippen molar-refractivity contribution in [1.29, 1.82) is 0 Å². The summed E-state index contributed by atoms with van der Waals surface area (Å²) in [6.45, 7) is 12.1. The Hall–Kier alpha value is -1.35. The number of rotatable bonds is 3. The van der Waals surface area contributed by atoms with E-state index in [4.69, 9.17) is 0 Å². The van der Waals surface area contributed by atoms with Crippen molar-refractivity contribution in [1.82, 2.24) is 14.5 Å². The van der Waals surface area contributed by atoms with Crippen LogP contribution in [-0.2, 0) is 6.54 Å². The van der Waals surface area contributed by atoms with Crippen LogP contribution in [0, 0.1) is 6.92 Å². The van der Waals surface area contributed by atoms with Gasteiger partial charge in [0, 0.05) is 13.1 Å². The average Bonchev–Trinajstić information content (AvgIpc) is 2.76. The molecular formula is C16H29N3. The Kier molecular flexibility index (Phi) is 8.88. The molecule has 0 fully saturated rings. The SMILES string of the molecule is CC.CC.Cc1nc2ccccc2n1CCN(C)C. The predicted octanol–water partition coefficient (Wildman–Crippen LogP) is 3.96. The number of benzene rings is 1. The first-order chi connectivity index (χ1) is 9.18. The zero-order valence-corrected chi connectivity index (χ0v) is 13.6. The van der Waals surface area contributed by atoms with Crippen molar-refractivity contribution in [3.05, 3.63) is 30.1 Å². The fourth-order valence-corrected chi connectivity index (χ4v) is 1.78. The van der Waals surface area contributed by atoms with Crippen molar-refractivity contribution in [2.45, 2.75) is 41.2 Å². The monoisotopic (exact) mass is 263 g/mol. The van der Waals surface area contributed by atoms with E-state index in [0.717, 1.165) is 24.4 Å². The molecule has 3 heteroatoms. The standard InChI is InChI=1S/C12H17N3.2C2H6/c1-10-13-11-6-4-5-7-12(11)15(10)9-8-14(2)3;2*1-2/h4-7H,8-9H2,1-3H3;2*1-2H3. The van der Waals surface area contributed by atoms with Crippen molar-refractivity contribution in [2.75, 3.05) is 20.6 Å². The maximum absolute atomic E-state index is 4.54. The lowest BCUT2D eigenvalue weighted by atomic mass is 10.3. The lowest BCUT2D eigenvalue weighted by molar-refractivity contribution is 0.384. The second-order valence-corrected chi connectivity index (χ2v) is 4.10. The number of hydrogen-bond acceptors (Lipinski definition) is 2. The molecule has 1 aromatic carbocycles. The maximum Gasteiger partial charge on any atom is 0.106 e. The second kappa shape index (κ2) is 9.56. The molecule has 0 radical (unpaired) electrons. The molecule has 2 aromatic rings. The highest BCUT2D eigenvalue weighted by Crippen LogP contribution is 2.14. The Bertz CT molecular complexity index is 458. The molecule has 0 saturated heterocycles. The van der Waals surface area contributed by atoms with Gasteiger partial charge in [-0.1, -0.05) is 39.8 Å². The first-order valence-corrected chi connectivity index (χ1v) is 7.25. The minimum absolute atomic E-state index is 0.999. The van der Waals surface area contributed by atoms with Crippen LogP contribution in [0.15, 0.2) is 24.3 Å². The number of likely N-dealkylation sites (N-methyl/N-ethyl adjacent to an activating group) is 1. The number of aryl methyl sites for hydroxylation is 1. The largest absolute Gasteiger partial charge is 0.327 e. The summed E-state index contributed by atoms with van der Waals surface area (Å²) in [6, 6.07) is 8.29. The van der Waals surface area contributed by atoms with Gasteiger partial charge in [0.2, 0.25) is 0 Å². The molecule has 0 unspecified atom stereocenters. The maximum atomic E-state index is 4.54. The molecule has 0 saturated carbocycles. The molecule has 19 heavy (non-hydrogen) atoms. The summed E-state index contributed by atoms with van der Waals surface area (Å²) in [5, 5.41) is 0. The van der Waals surface area contributed by atoms with Crippen molar-refractivity contribution < 1.29 is 0 Å². The number of fused-ring (bicyclic) bond motifs is 1. The second-order valence-electron chi connectivity index (χ2n) is 4.10. The number of aromatic nitrogens is 2. The van der Waals surface area contributed by atoms with E-state index in [-0.39, 0.29) is 0 Å². The summed E-state index contributed by atoms with van der Waals surface area (Å²) < 4.78 is 2.27. The van der Waals surface area contributed by atoms with Crippen LogP contribution >= 0.6 is 0 Å². The molecule has 0 N–H and O–H groups in total. The van der Waals surface area contributed by atoms with Gasteiger partial charge in [-0.05, 0) is 33.2 Å². The Balaban J connectivity index is 0.000000741. The number of para-hydroxylation sites is 2. The molecule has 3 nitrogen and oxygen atoms in total. The van der Waals surface area contributed by atoms with Crippen LogP contribution < -0.4 is 0 Å². The molecule has 2 rings (SSSR count). The van der Waals surface area contributed by atoms with Crippen LogP contribution in [0.3, 0.4) is 0 Å². The van der Waals surface area contributed by atoms with Crippen LogP contribution in [0.1, 0.15) is 33.5 Å². The lowest BCUT2D eigenvalue weighted by Crippen LogP contribution is -2.18. The van der Waals surface area contributed by atoms with Crippen molar-refractivity contribution >= 4 is 11.0 Å². The Morgan fingerprint density at radius 1 is 1.05 bits per heavy atom. The molecule has 0 bridgehead atoms. The van der Waals surface area contributed by atoms with Crippen molar-refractivity contribution in [2.24, 2.45) is 0 Å². The molecule has 1 heterocycles. The zero-order valence-electron chi connectivity index (χ0n) is 13.6. The minimum Gasteiger partial charge on any atom is -0.327 e. The van der Waals surface area contributed by atoms with E-state index >= 15 is 0 Å². The fraction of sp³-hybridized carbons (Fsp3) is 0.562. The number of imidazole rings is 1.